The highest BCUT2D eigenvalue weighted by molar-refractivity contribution is 5.11. The van der Waals surface area contributed by atoms with E-state index in [-0.39, 0.29) is 6.10 Å². The maximum atomic E-state index is 5.36. The first-order valence-corrected chi connectivity index (χ1v) is 6.88. The number of rotatable bonds is 8. The minimum Gasteiger partial charge on any atom is -0.382 e. The van der Waals surface area contributed by atoms with Crippen molar-refractivity contribution in [3.05, 3.63) is 17.5 Å². The molecule has 0 aliphatic heterocycles. The summed E-state index contributed by atoms with van der Waals surface area (Å²) in [5.41, 5.74) is 2.46. The molecule has 4 nitrogen and oxygen atoms in total. The second-order valence-electron chi connectivity index (χ2n) is 4.84. The van der Waals surface area contributed by atoms with E-state index in [2.05, 4.69) is 37.3 Å². The lowest BCUT2D eigenvalue weighted by molar-refractivity contribution is 0.100. The van der Waals surface area contributed by atoms with Crippen molar-refractivity contribution in [2.24, 2.45) is 7.05 Å². The first kappa shape index (κ1) is 15.2. The van der Waals surface area contributed by atoms with Crippen LogP contribution in [-0.2, 0) is 24.6 Å². The Bertz CT molecular complexity index is 349. The number of nitrogens with one attached hydrogen (secondary N) is 1. The average Bonchev–Trinajstić information content (AvgIpc) is 2.70. The number of aromatic nitrogens is 2. The summed E-state index contributed by atoms with van der Waals surface area (Å²) in [7, 11) is 3.80. The molecule has 4 heteroatoms. The number of hydrogen-bond acceptors (Lipinski definition) is 3. The van der Waals surface area contributed by atoms with Crippen LogP contribution in [0.5, 0.6) is 0 Å². The van der Waals surface area contributed by atoms with Crippen molar-refractivity contribution >= 4 is 0 Å². The Hall–Kier alpha value is -0.870. The SMILES string of the molecule is CCNC(Cc1cc(CC)nn1C)CC(C)OC. The smallest absolute Gasteiger partial charge is 0.0624 e. The van der Waals surface area contributed by atoms with Gasteiger partial charge in [0.15, 0.2) is 0 Å². The second kappa shape index (κ2) is 7.54. The first-order chi connectivity index (χ1) is 8.60. The zero-order chi connectivity index (χ0) is 13.5. The summed E-state index contributed by atoms with van der Waals surface area (Å²) >= 11 is 0. The highest BCUT2D eigenvalue weighted by Gasteiger charge is 2.15. The third-order valence-electron chi connectivity index (χ3n) is 3.36. The van der Waals surface area contributed by atoms with E-state index in [1.165, 1.54) is 11.4 Å². The van der Waals surface area contributed by atoms with Crippen LogP contribution in [0.25, 0.3) is 0 Å². The molecule has 0 fully saturated rings. The quantitative estimate of drug-likeness (QED) is 0.769. The van der Waals surface area contributed by atoms with E-state index >= 15 is 0 Å². The number of nitrogens with zero attached hydrogens (tertiary/aromatic N) is 2. The average molecular weight is 253 g/mol. The fourth-order valence-corrected chi connectivity index (χ4v) is 2.21. The van der Waals surface area contributed by atoms with E-state index in [0.717, 1.165) is 25.8 Å². The van der Waals surface area contributed by atoms with Crippen LogP contribution in [0.2, 0.25) is 0 Å². The van der Waals surface area contributed by atoms with Gasteiger partial charge in [-0.05, 0) is 32.4 Å². The van der Waals surface area contributed by atoms with Crippen LogP contribution in [0.4, 0.5) is 0 Å². The van der Waals surface area contributed by atoms with Gasteiger partial charge in [0, 0.05) is 32.3 Å². The van der Waals surface area contributed by atoms with Crippen LogP contribution >= 0.6 is 0 Å². The summed E-state index contributed by atoms with van der Waals surface area (Å²) in [6, 6.07) is 2.66. The Morgan fingerprint density at radius 2 is 2.17 bits per heavy atom. The highest BCUT2D eigenvalue weighted by Crippen LogP contribution is 2.11. The molecule has 0 aliphatic rings. The summed E-state index contributed by atoms with van der Waals surface area (Å²) in [4.78, 5) is 0. The fraction of sp³-hybridized carbons (Fsp3) is 0.786. The predicted octanol–water partition coefficient (Wildman–Crippen LogP) is 1.93. The van der Waals surface area contributed by atoms with Crippen LogP contribution in [0, 0.1) is 0 Å². The zero-order valence-corrected chi connectivity index (χ0v) is 12.4. The Morgan fingerprint density at radius 3 is 2.67 bits per heavy atom. The van der Waals surface area contributed by atoms with Gasteiger partial charge in [-0.3, -0.25) is 4.68 Å². The molecule has 0 aliphatic carbocycles. The van der Waals surface area contributed by atoms with Gasteiger partial charge in [-0.2, -0.15) is 5.10 Å². The van der Waals surface area contributed by atoms with E-state index in [0.29, 0.717) is 6.04 Å². The maximum absolute atomic E-state index is 5.36. The van der Waals surface area contributed by atoms with Crippen molar-refractivity contribution in [3.63, 3.8) is 0 Å². The van der Waals surface area contributed by atoms with E-state index in [1.54, 1.807) is 7.11 Å². The normalized spacial score (nSPS) is 14.7. The topological polar surface area (TPSA) is 39.1 Å². The molecule has 0 saturated heterocycles. The van der Waals surface area contributed by atoms with Crippen LogP contribution < -0.4 is 5.32 Å². The summed E-state index contributed by atoms with van der Waals surface area (Å²) < 4.78 is 7.36. The molecule has 0 amide bonds. The number of likely N-dealkylation sites (N-methyl/N-ethyl adjacent to an activating group) is 1. The molecule has 104 valence electrons. The first-order valence-electron chi connectivity index (χ1n) is 6.88. The maximum Gasteiger partial charge on any atom is 0.0624 e. The molecule has 2 unspecified atom stereocenters. The largest absolute Gasteiger partial charge is 0.382 e. The molecule has 1 rings (SSSR count). The van der Waals surface area contributed by atoms with Gasteiger partial charge >= 0.3 is 0 Å². The van der Waals surface area contributed by atoms with E-state index in [4.69, 9.17) is 4.74 Å². The lowest BCUT2D eigenvalue weighted by Crippen LogP contribution is -2.34. The third-order valence-corrected chi connectivity index (χ3v) is 3.36. The van der Waals surface area contributed by atoms with Crippen LogP contribution in [0.3, 0.4) is 0 Å². The molecule has 0 spiro atoms. The summed E-state index contributed by atoms with van der Waals surface area (Å²) in [6.45, 7) is 7.39. The fourth-order valence-electron chi connectivity index (χ4n) is 2.21. The minimum atomic E-state index is 0.285. The van der Waals surface area contributed by atoms with Gasteiger partial charge in [-0.25, -0.2) is 0 Å². The van der Waals surface area contributed by atoms with Gasteiger partial charge in [0.05, 0.1) is 11.8 Å². The molecule has 1 heterocycles. The summed E-state index contributed by atoms with van der Waals surface area (Å²) in [6.07, 6.45) is 3.31. The minimum absolute atomic E-state index is 0.285. The Balaban J connectivity index is 2.66. The van der Waals surface area contributed by atoms with Gasteiger partial charge in [0.25, 0.3) is 0 Å². The van der Waals surface area contributed by atoms with Gasteiger partial charge < -0.3 is 10.1 Å². The molecule has 0 aromatic carbocycles. The van der Waals surface area contributed by atoms with Crippen molar-refractivity contribution in [2.45, 2.75) is 52.2 Å². The van der Waals surface area contributed by atoms with E-state index in [9.17, 15) is 0 Å². The van der Waals surface area contributed by atoms with Crippen molar-refractivity contribution in [1.82, 2.24) is 15.1 Å². The second-order valence-corrected chi connectivity index (χ2v) is 4.84. The lowest BCUT2D eigenvalue weighted by atomic mass is 10.0. The number of aryl methyl sites for hydroxylation is 2. The number of methoxy groups -OCH3 is 1. The van der Waals surface area contributed by atoms with Crippen molar-refractivity contribution in [2.75, 3.05) is 13.7 Å². The summed E-state index contributed by atoms with van der Waals surface area (Å²) in [5.74, 6) is 0. The molecule has 1 aromatic heterocycles. The van der Waals surface area contributed by atoms with Gasteiger partial charge in [-0.1, -0.05) is 13.8 Å². The van der Waals surface area contributed by atoms with Crippen molar-refractivity contribution in [3.8, 4) is 0 Å². The molecule has 0 saturated carbocycles. The van der Waals surface area contributed by atoms with Crippen molar-refractivity contribution in [1.29, 1.82) is 0 Å². The molecular formula is C14H27N3O. The van der Waals surface area contributed by atoms with Gasteiger partial charge in [0.2, 0.25) is 0 Å². The van der Waals surface area contributed by atoms with Gasteiger partial charge in [0.1, 0.15) is 0 Å². The Labute approximate surface area is 111 Å². The predicted molar refractivity (Wildman–Crippen MR) is 74.8 cm³/mol. The van der Waals surface area contributed by atoms with Crippen LogP contribution in [0.15, 0.2) is 6.07 Å². The number of ether oxygens (including phenoxy) is 1. The van der Waals surface area contributed by atoms with E-state index in [1.807, 2.05) is 11.7 Å². The summed E-state index contributed by atoms with van der Waals surface area (Å²) in [5, 5.41) is 8.03. The standard InChI is InChI=1S/C14H27N3O/c1-6-12-9-14(17(4)16-12)10-13(15-7-2)8-11(3)18-5/h9,11,13,15H,6-8,10H2,1-5H3. The molecule has 1 aromatic rings. The monoisotopic (exact) mass is 253 g/mol. The highest BCUT2D eigenvalue weighted by atomic mass is 16.5. The van der Waals surface area contributed by atoms with Crippen LogP contribution in [0.1, 0.15) is 38.6 Å². The third kappa shape index (κ3) is 4.42. The Kier molecular flexibility index (Phi) is 6.36. The molecule has 2 atom stereocenters. The lowest BCUT2D eigenvalue weighted by Gasteiger charge is -2.21. The number of hydrogen-bond donors (Lipinski definition) is 1. The molecule has 0 bridgehead atoms. The van der Waals surface area contributed by atoms with E-state index < -0.39 is 0 Å². The molecule has 1 N–H and O–H groups in total. The van der Waals surface area contributed by atoms with Gasteiger partial charge in [-0.15, -0.1) is 0 Å². The van der Waals surface area contributed by atoms with Crippen molar-refractivity contribution < 1.29 is 4.74 Å². The molecule has 18 heavy (non-hydrogen) atoms. The van der Waals surface area contributed by atoms with Crippen LogP contribution in [-0.4, -0.2) is 35.6 Å². The zero-order valence-electron chi connectivity index (χ0n) is 12.4. The Morgan fingerprint density at radius 1 is 1.44 bits per heavy atom. The molecular weight excluding hydrogens is 226 g/mol. The molecule has 0 radical (unpaired) electrons.